The maximum Gasteiger partial charge on any atom is 0.307 e. The van der Waals surface area contributed by atoms with Crippen molar-refractivity contribution in [2.45, 2.75) is 12.8 Å². The zero-order valence-corrected chi connectivity index (χ0v) is 29.1. The van der Waals surface area contributed by atoms with E-state index in [-0.39, 0.29) is 0 Å². The van der Waals surface area contributed by atoms with Gasteiger partial charge in [0, 0.05) is 55.4 Å². The van der Waals surface area contributed by atoms with Gasteiger partial charge < -0.3 is 13.6 Å². The highest BCUT2D eigenvalue weighted by atomic mass is 16.4. The highest BCUT2D eigenvalue weighted by molar-refractivity contribution is 6.11. The maximum absolute atomic E-state index is 6.56. The number of benzene rings is 6. The molecule has 5 heteroatoms. The number of fused-ring (bicyclic) bond motifs is 11. The Balaban J connectivity index is 1.06. The van der Waals surface area contributed by atoms with Gasteiger partial charge in [0.25, 0.3) is 0 Å². The van der Waals surface area contributed by atoms with Crippen molar-refractivity contribution in [1.29, 1.82) is 0 Å². The standard InChI is InChI=1S/C49H30N4O/c1-2-15-33(38-20-13-27-47-48(38)54-49-50-40-21-7-12-26-46(40)53(47)49)32(14-1)34-16-3-10-24-43(34)52-44-25-11-6-19-37(44)39-30-31(28-29-45(39)52)51-41-22-8-4-17-35(41)36-18-5-9-23-42(36)51/h2-13,15-27,30H,28-29H2. The average molecular weight is 691 g/mol. The number of hydrogen-bond acceptors (Lipinski definition) is 2. The largest absolute Gasteiger partial charge is 0.422 e. The van der Waals surface area contributed by atoms with Gasteiger partial charge >= 0.3 is 5.84 Å². The van der Waals surface area contributed by atoms with Crippen LogP contribution in [-0.4, -0.2) is 18.5 Å². The Morgan fingerprint density at radius 3 is 2.00 bits per heavy atom. The van der Waals surface area contributed by atoms with Crippen LogP contribution in [-0.2, 0) is 6.42 Å². The molecule has 0 unspecified atom stereocenters. The smallest absolute Gasteiger partial charge is 0.307 e. The first kappa shape index (κ1) is 29.3. The maximum atomic E-state index is 6.56. The summed E-state index contributed by atoms with van der Waals surface area (Å²) in [6.45, 7) is 0. The first-order valence-electron chi connectivity index (χ1n) is 18.4. The van der Waals surface area contributed by atoms with Gasteiger partial charge in [-0.05, 0) is 73.5 Å². The molecule has 1 aliphatic carbocycles. The second kappa shape index (κ2) is 11.1. The lowest BCUT2D eigenvalue weighted by atomic mass is 9.94. The van der Waals surface area contributed by atoms with Crippen molar-refractivity contribution in [3.8, 4) is 27.9 Å². The summed E-state index contributed by atoms with van der Waals surface area (Å²) in [7, 11) is 0. The molecular weight excluding hydrogens is 661 g/mol. The van der Waals surface area contributed by atoms with Crippen molar-refractivity contribution >= 4 is 72.5 Å². The third kappa shape index (κ3) is 4.02. The summed E-state index contributed by atoms with van der Waals surface area (Å²) < 4.78 is 13.6. The van der Waals surface area contributed by atoms with Crippen LogP contribution in [0.1, 0.15) is 17.7 Å². The van der Waals surface area contributed by atoms with Crippen molar-refractivity contribution in [1.82, 2.24) is 18.5 Å². The number of rotatable bonds is 4. The summed E-state index contributed by atoms with van der Waals surface area (Å²) in [4.78, 5) is 4.81. The number of aromatic nitrogens is 4. The Morgan fingerprint density at radius 1 is 0.537 bits per heavy atom. The van der Waals surface area contributed by atoms with E-state index in [1.807, 2.05) is 24.3 Å². The fraction of sp³-hybridized carbons (Fsp3) is 0.0408. The van der Waals surface area contributed by atoms with Crippen LogP contribution in [0.3, 0.4) is 0 Å². The Morgan fingerprint density at radius 2 is 1.19 bits per heavy atom. The molecule has 0 bridgehead atoms. The quantitative estimate of drug-likeness (QED) is 0.184. The Hall–Kier alpha value is -7.29. The molecule has 0 aliphatic heterocycles. The number of hydrogen-bond donors (Lipinski definition) is 0. The van der Waals surface area contributed by atoms with Crippen LogP contribution in [0.5, 0.6) is 0 Å². The number of imidazole rings is 1. The molecule has 7 aromatic carbocycles. The molecule has 1 aliphatic rings. The van der Waals surface area contributed by atoms with Crippen molar-refractivity contribution in [2.24, 2.45) is 0 Å². The number of para-hydroxylation sites is 7. The summed E-state index contributed by atoms with van der Waals surface area (Å²) in [6, 6.07) is 60.5. The summed E-state index contributed by atoms with van der Waals surface area (Å²) >= 11 is 0. The van der Waals surface area contributed by atoms with E-state index in [9.17, 15) is 0 Å². The minimum Gasteiger partial charge on any atom is -0.422 e. The van der Waals surface area contributed by atoms with Gasteiger partial charge in [0.1, 0.15) is 0 Å². The fourth-order valence-electron chi connectivity index (χ4n) is 9.02. The Kier molecular flexibility index (Phi) is 6.03. The van der Waals surface area contributed by atoms with Crippen LogP contribution in [0.4, 0.5) is 0 Å². The third-order valence-corrected chi connectivity index (χ3v) is 11.3. The lowest BCUT2D eigenvalue weighted by Crippen LogP contribution is -2.09. The Labute approximate surface area is 310 Å². The van der Waals surface area contributed by atoms with Gasteiger partial charge in [-0.2, -0.15) is 4.98 Å². The molecule has 5 nitrogen and oxygen atoms in total. The van der Waals surface area contributed by atoms with Crippen LogP contribution in [0, 0.1) is 12.1 Å². The van der Waals surface area contributed by atoms with E-state index in [1.165, 1.54) is 49.7 Å². The molecule has 54 heavy (non-hydrogen) atoms. The molecular formula is C49H30N4O. The highest BCUT2D eigenvalue weighted by Gasteiger charge is 2.26. The molecule has 4 heterocycles. The lowest BCUT2D eigenvalue weighted by molar-refractivity contribution is 0.644. The van der Waals surface area contributed by atoms with Gasteiger partial charge in [-0.15, -0.1) is 0 Å². The first-order chi connectivity index (χ1) is 26.8. The molecule has 11 aromatic rings. The molecule has 252 valence electrons. The van der Waals surface area contributed by atoms with Gasteiger partial charge in [-0.1, -0.05) is 109 Å². The van der Waals surface area contributed by atoms with Gasteiger partial charge in [-0.25, -0.2) is 0 Å². The van der Waals surface area contributed by atoms with Crippen LogP contribution in [0.15, 0.2) is 156 Å². The first-order valence-corrected chi connectivity index (χ1v) is 18.4. The average Bonchev–Trinajstić information content (AvgIpc) is 3.97. The SMILES string of the molecule is c1ccc(-c2cccc3c2oc2nc4ccccc4n23)c(-c2ccccc2-n2c3c(c4ccccc42)C=C(n2c4ccccc4c4ccccc42)CC3)c#1. The fourth-order valence-corrected chi connectivity index (χ4v) is 9.02. The van der Waals surface area contributed by atoms with Crippen molar-refractivity contribution in [2.75, 3.05) is 0 Å². The van der Waals surface area contributed by atoms with E-state index >= 15 is 0 Å². The number of oxazole rings is 1. The summed E-state index contributed by atoms with van der Waals surface area (Å²) in [6.07, 6.45) is 4.26. The van der Waals surface area contributed by atoms with Crippen LogP contribution in [0.25, 0.3) is 100 Å². The molecule has 12 rings (SSSR count). The van der Waals surface area contributed by atoms with E-state index in [0.29, 0.717) is 5.84 Å². The van der Waals surface area contributed by atoms with Gasteiger partial charge in [0.05, 0.1) is 38.8 Å². The monoisotopic (exact) mass is 690 g/mol. The molecule has 0 atom stereocenters. The molecule has 0 amide bonds. The number of nitrogens with zero attached hydrogens (tertiary/aromatic N) is 4. The summed E-state index contributed by atoms with van der Waals surface area (Å²) in [5.74, 6) is 0.589. The minimum atomic E-state index is 0.589. The topological polar surface area (TPSA) is 40.3 Å². The van der Waals surface area contributed by atoms with Gasteiger partial charge in [0.15, 0.2) is 5.58 Å². The zero-order chi connectivity index (χ0) is 35.3. The van der Waals surface area contributed by atoms with Crippen LogP contribution >= 0.6 is 0 Å². The van der Waals surface area contributed by atoms with E-state index < -0.39 is 0 Å². The van der Waals surface area contributed by atoms with Crippen molar-refractivity contribution in [3.05, 3.63) is 175 Å². The van der Waals surface area contributed by atoms with Gasteiger partial charge in [-0.3, -0.25) is 4.40 Å². The zero-order valence-electron chi connectivity index (χ0n) is 29.1. The van der Waals surface area contributed by atoms with Crippen LogP contribution in [0.2, 0.25) is 0 Å². The molecule has 0 saturated carbocycles. The predicted octanol–water partition coefficient (Wildman–Crippen LogP) is 12.2. The second-order valence-electron chi connectivity index (χ2n) is 14.1. The minimum absolute atomic E-state index is 0.589. The van der Waals surface area contributed by atoms with E-state index in [1.54, 1.807) is 0 Å². The lowest BCUT2D eigenvalue weighted by Gasteiger charge is -2.21. The number of allylic oxidation sites excluding steroid dienone is 1. The van der Waals surface area contributed by atoms with E-state index in [2.05, 4.69) is 159 Å². The predicted molar refractivity (Wildman–Crippen MR) is 220 cm³/mol. The Bertz CT molecular complexity index is 3290. The molecule has 0 fully saturated rings. The van der Waals surface area contributed by atoms with Crippen molar-refractivity contribution in [3.63, 3.8) is 0 Å². The summed E-state index contributed by atoms with van der Waals surface area (Å²) in [5.41, 5.74) is 16.5. The van der Waals surface area contributed by atoms with Crippen molar-refractivity contribution < 1.29 is 4.42 Å². The highest BCUT2D eigenvalue weighted by Crippen LogP contribution is 2.44. The van der Waals surface area contributed by atoms with Gasteiger partial charge in [0.2, 0.25) is 0 Å². The molecule has 0 N–H and O–H groups in total. The molecule has 0 spiro atoms. The molecule has 0 saturated heterocycles. The third-order valence-electron chi connectivity index (χ3n) is 11.3. The van der Waals surface area contributed by atoms with E-state index in [0.717, 1.165) is 62.9 Å². The van der Waals surface area contributed by atoms with E-state index in [4.69, 9.17) is 9.40 Å². The molecule has 0 radical (unpaired) electrons. The molecule has 4 aromatic heterocycles. The summed E-state index contributed by atoms with van der Waals surface area (Å²) in [5, 5.41) is 3.83. The normalized spacial score (nSPS) is 13.0. The van der Waals surface area contributed by atoms with Crippen LogP contribution < -0.4 is 0 Å². The second-order valence-corrected chi connectivity index (χ2v) is 14.1.